The van der Waals surface area contributed by atoms with Gasteiger partial charge in [-0.05, 0) is 89.2 Å². The number of carboxylic acid groups (broad SMARTS) is 1. The van der Waals surface area contributed by atoms with Crippen molar-refractivity contribution in [1.82, 2.24) is 19.6 Å². The first-order valence-electron chi connectivity index (χ1n) is 16.9. The van der Waals surface area contributed by atoms with E-state index in [1.54, 1.807) is 44.0 Å². The van der Waals surface area contributed by atoms with E-state index in [4.69, 9.17) is 16.3 Å². The molecule has 2 aliphatic carbocycles. The van der Waals surface area contributed by atoms with Crippen molar-refractivity contribution in [1.29, 1.82) is 0 Å². The Morgan fingerprint density at radius 3 is 2.40 bits per heavy atom. The number of likely N-dealkylation sites (tertiary alicyclic amines) is 1. The van der Waals surface area contributed by atoms with Gasteiger partial charge in [0.15, 0.2) is 5.69 Å². The zero-order valence-corrected chi connectivity index (χ0v) is 28.2. The maximum Gasteiger partial charge on any atom is 0.407 e. The average molecular weight is 676 g/mol. The molecule has 47 heavy (non-hydrogen) atoms. The van der Waals surface area contributed by atoms with Crippen LogP contribution < -0.4 is 10.6 Å². The molecule has 0 spiro atoms. The van der Waals surface area contributed by atoms with Crippen LogP contribution in [0.25, 0.3) is 5.65 Å². The monoisotopic (exact) mass is 675 g/mol. The second-order valence-corrected chi connectivity index (χ2v) is 14.7. The van der Waals surface area contributed by atoms with Crippen molar-refractivity contribution in [2.24, 2.45) is 23.7 Å². The average Bonchev–Trinajstić information content (AvgIpc) is 3.62. The number of alkyl halides is 1. The SMILES string of the molecule is CC(C)(C)OC(=O)N[C@H](CCF)[C@H]1CC[C@H](C(=O)N2CC[C@@H](C3CCCCC3)[C@H]2C(=O)Nc2ccc3nc(C(=O)O)c(Cl)n3c2)CC1. The lowest BCUT2D eigenvalue weighted by Gasteiger charge is -2.37. The summed E-state index contributed by atoms with van der Waals surface area (Å²) < 4.78 is 20.3. The van der Waals surface area contributed by atoms with Crippen molar-refractivity contribution in [3.05, 3.63) is 29.2 Å². The molecule has 3 fully saturated rings. The van der Waals surface area contributed by atoms with Gasteiger partial charge in [0.25, 0.3) is 0 Å². The van der Waals surface area contributed by atoms with Crippen LogP contribution in [0.2, 0.25) is 5.15 Å². The summed E-state index contributed by atoms with van der Waals surface area (Å²) in [6.07, 6.45) is 9.96. The minimum atomic E-state index is -1.24. The Hall–Kier alpha value is -3.41. The number of carboxylic acids is 1. The number of hydrogen-bond donors (Lipinski definition) is 3. The number of nitrogens with zero attached hydrogens (tertiary/aromatic N) is 3. The molecule has 0 bridgehead atoms. The van der Waals surface area contributed by atoms with Crippen molar-refractivity contribution in [2.75, 3.05) is 18.5 Å². The molecule has 1 saturated heterocycles. The van der Waals surface area contributed by atoms with Gasteiger partial charge in [-0.25, -0.2) is 14.6 Å². The molecule has 1 aliphatic heterocycles. The van der Waals surface area contributed by atoms with Crippen molar-refractivity contribution in [3.8, 4) is 0 Å². The predicted octanol–water partition coefficient (Wildman–Crippen LogP) is 6.48. The van der Waals surface area contributed by atoms with Gasteiger partial charge in [0, 0.05) is 24.7 Å². The van der Waals surface area contributed by atoms with E-state index in [0.717, 1.165) is 32.1 Å². The van der Waals surface area contributed by atoms with Crippen LogP contribution in [-0.4, -0.2) is 74.2 Å². The molecule has 3 atom stereocenters. The molecule has 3 N–H and O–H groups in total. The number of anilines is 1. The molecule has 258 valence electrons. The third kappa shape index (κ3) is 8.18. The summed E-state index contributed by atoms with van der Waals surface area (Å²) in [4.78, 5) is 58.0. The van der Waals surface area contributed by atoms with Gasteiger partial charge >= 0.3 is 12.1 Å². The molecule has 0 aromatic carbocycles. The maximum absolute atomic E-state index is 14.1. The van der Waals surface area contributed by atoms with Crippen LogP contribution in [0.15, 0.2) is 18.3 Å². The van der Waals surface area contributed by atoms with Crippen molar-refractivity contribution in [2.45, 2.75) is 109 Å². The predicted molar refractivity (Wildman–Crippen MR) is 175 cm³/mol. The van der Waals surface area contributed by atoms with Gasteiger partial charge in [-0.15, -0.1) is 0 Å². The summed E-state index contributed by atoms with van der Waals surface area (Å²) in [5.74, 6) is -1.36. The van der Waals surface area contributed by atoms with Crippen molar-refractivity contribution >= 4 is 46.8 Å². The summed E-state index contributed by atoms with van der Waals surface area (Å²) in [5, 5.41) is 15.2. The van der Waals surface area contributed by atoms with E-state index in [-0.39, 0.29) is 52.9 Å². The Morgan fingerprint density at radius 2 is 1.77 bits per heavy atom. The molecular formula is C34H47ClFN5O6. The standard InChI is InChI=1S/C34H47ClFN5O6/c1-34(2,3)47-33(46)38-25(15-17-36)21-9-11-22(12-10-21)31(43)40-18-16-24(20-7-5-4-6-8-20)28(40)30(42)37-23-13-14-26-39-27(32(44)45)29(35)41(26)19-23/h13-14,19-22,24-25,28H,4-12,15-18H2,1-3H3,(H,37,42)(H,38,46)(H,44,45)/t21-,22-,24-,25+,28-/m0/s1. The van der Waals surface area contributed by atoms with Gasteiger partial charge in [0.05, 0.1) is 12.4 Å². The number of pyridine rings is 1. The van der Waals surface area contributed by atoms with Crippen LogP contribution in [0.5, 0.6) is 0 Å². The first kappa shape index (κ1) is 34.9. The van der Waals surface area contributed by atoms with Crippen LogP contribution in [-0.2, 0) is 14.3 Å². The normalized spacial score (nSPS) is 24.6. The zero-order valence-electron chi connectivity index (χ0n) is 27.5. The summed E-state index contributed by atoms with van der Waals surface area (Å²) in [6, 6.07) is 2.25. The van der Waals surface area contributed by atoms with Gasteiger partial charge in [0.1, 0.15) is 22.4 Å². The second-order valence-electron chi connectivity index (χ2n) is 14.4. The fourth-order valence-corrected chi connectivity index (χ4v) is 8.16. The highest BCUT2D eigenvalue weighted by Crippen LogP contribution is 2.41. The number of aromatic nitrogens is 2. The number of alkyl carbamates (subject to hydrolysis) is 1. The largest absolute Gasteiger partial charge is 0.476 e. The number of amides is 3. The van der Waals surface area contributed by atoms with Gasteiger partial charge in [-0.2, -0.15) is 0 Å². The molecule has 3 aliphatic rings. The first-order valence-corrected chi connectivity index (χ1v) is 17.3. The zero-order chi connectivity index (χ0) is 33.9. The topological polar surface area (TPSA) is 142 Å². The molecule has 13 heteroatoms. The van der Waals surface area contributed by atoms with Crippen LogP contribution in [0.3, 0.4) is 0 Å². The third-order valence-corrected chi connectivity index (χ3v) is 10.5. The highest BCUT2D eigenvalue weighted by atomic mass is 35.5. The van der Waals surface area contributed by atoms with Crippen LogP contribution >= 0.6 is 11.6 Å². The smallest absolute Gasteiger partial charge is 0.407 e. The number of fused-ring (bicyclic) bond motifs is 1. The molecule has 2 aromatic heterocycles. The molecule has 2 aromatic rings. The quantitative estimate of drug-likeness (QED) is 0.276. The number of imidazole rings is 1. The Balaban J connectivity index is 1.29. The summed E-state index contributed by atoms with van der Waals surface area (Å²) in [6.45, 7) is 5.29. The van der Waals surface area contributed by atoms with Gasteiger partial charge in [0.2, 0.25) is 11.8 Å². The minimum Gasteiger partial charge on any atom is -0.476 e. The lowest BCUT2D eigenvalue weighted by Crippen LogP contribution is -2.50. The number of carbonyl (C=O) groups is 4. The summed E-state index contributed by atoms with van der Waals surface area (Å²) in [5.41, 5.74) is -0.163. The summed E-state index contributed by atoms with van der Waals surface area (Å²) >= 11 is 6.27. The van der Waals surface area contributed by atoms with Crippen LogP contribution in [0, 0.1) is 23.7 Å². The maximum atomic E-state index is 14.1. The fourth-order valence-electron chi connectivity index (χ4n) is 7.90. The lowest BCUT2D eigenvalue weighted by atomic mass is 9.75. The van der Waals surface area contributed by atoms with Gasteiger partial charge in [-0.1, -0.05) is 43.7 Å². The van der Waals surface area contributed by atoms with E-state index in [0.29, 0.717) is 49.5 Å². The first-order chi connectivity index (χ1) is 22.4. The van der Waals surface area contributed by atoms with E-state index in [2.05, 4.69) is 15.6 Å². The number of rotatable bonds is 9. The van der Waals surface area contributed by atoms with Crippen LogP contribution in [0.1, 0.15) is 102 Å². The fraction of sp³-hybridized carbons (Fsp3) is 0.676. The Morgan fingerprint density at radius 1 is 1.06 bits per heavy atom. The highest BCUT2D eigenvalue weighted by molar-refractivity contribution is 6.32. The van der Waals surface area contributed by atoms with E-state index in [1.165, 1.54) is 10.8 Å². The van der Waals surface area contributed by atoms with E-state index >= 15 is 0 Å². The number of nitrogens with one attached hydrogen (secondary N) is 2. The Kier molecular flexibility index (Phi) is 11.0. The van der Waals surface area contributed by atoms with Crippen LogP contribution in [0.4, 0.5) is 14.9 Å². The van der Waals surface area contributed by atoms with E-state index in [9.17, 15) is 28.7 Å². The minimum absolute atomic E-state index is 0.0248. The highest BCUT2D eigenvalue weighted by Gasteiger charge is 2.47. The molecule has 3 heterocycles. The number of carbonyl (C=O) groups excluding carboxylic acids is 3. The van der Waals surface area contributed by atoms with Gasteiger partial charge in [-0.3, -0.25) is 18.4 Å². The van der Waals surface area contributed by atoms with E-state index in [1.807, 2.05) is 0 Å². The van der Waals surface area contributed by atoms with E-state index < -0.39 is 30.4 Å². The Labute approximate surface area is 279 Å². The van der Waals surface area contributed by atoms with Crippen molar-refractivity contribution < 1.29 is 33.4 Å². The lowest BCUT2D eigenvalue weighted by molar-refractivity contribution is -0.142. The number of ether oxygens (including phenoxy) is 1. The number of hydrogen-bond acceptors (Lipinski definition) is 6. The molecule has 5 rings (SSSR count). The summed E-state index contributed by atoms with van der Waals surface area (Å²) in [7, 11) is 0. The molecule has 2 saturated carbocycles. The van der Waals surface area contributed by atoms with Crippen molar-refractivity contribution in [3.63, 3.8) is 0 Å². The number of aromatic carboxylic acids is 1. The Bertz CT molecular complexity index is 1460. The molecule has 0 unspecified atom stereocenters. The third-order valence-electron chi connectivity index (χ3n) is 10.1. The molecule has 11 nitrogen and oxygen atoms in total. The molecular weight excluding hydrogens is 629 g/mol. The second kappa shape index (κ2) is 14.8. The number of halogens is 2. The molecule has 3 amide bonds. The molecule has 0 radical (unpaired) electrons. The van der Waals surface area contributed by atoms with Gasteiger partial charge < -0.3 is 25.4 Å².